The Balaban J connectivity index is 1.15. The van der Waals surface area contributed by atoms with Gasteiger partial charge in [0.05, 0.1) is 30.3 Å². The van der Waals surface area contributed by atoms with Crippen LogP contribution in [0.1, 0.15) is 15.4 Å². The molecule has 1 aromatic heterocycles. The first-order valence-corrected chi connectivity index (χ1v) is 14.0. The second-order valence-corrected chi connectivity index (χ2v) is 11.5. The van der Waals surface area contributed by atoms with E-state index < -0.39 is 10.0 Å². The van der Waals surface area contributed by atoms with Gasteiger partial charge in [-0.25, -0.2) is 13.4 Å². The molecule has 2 aliphatic rings. The van der Waals surface area contributed by atoms with Gasteiger partial charge in [0, 0.05) is 55.8 Å². The van der Waals surface area contributed by atoms with Crippen LogP contribution in [0.2, 0.25) is 0 Å². The van der Waals surface area contributed by atoms with Crippen LogP contribution in [-0.4, -0.2) is 85.9 Å². The lowest BCUT2D eigenvalue weighted by atomic mass is 10.2. The molecule has 2 fully saturated rings. The summed E-state index contributed by atoms with van der Waals surface area (Å²) in [6.45, 7) is 5.08. The molecule has 3 heterocycles. The predicted molar refractivity (Wildman–Crippen MR) is 135 cm³/mol. The van der Waals surface area contributed by atoms with Gasteiger partial charge >= 0.3 is 0 Å². The van der Waals surface area contributed by atoms with E-state index in [0.717, 1.165) is 35.9 Å². The van der Waals surface area contributed by atoms with Crippen LogP contribution in [0.15, 0.2) is 64.9 Å². The molecule has 0 saturated carbocycles. The summed E-state index contributed by atoms with van der Waals surface area (Å²) in [4.78, 5) is 22.1. The van der Waals surface area contributed by atoms with E-state index in [2.05, 4.69) is 22.4 Å². The third-order valence-corrected chi connectivity index (χ3v) is 9.10. The zero-order chi connectivity index (χ0) is 24.3. The molecule has 5 rings (SSSR count). The highest BCUT2D eigenvalue weighted by atomic mass is 32.2. The van der Waals surface area contributed by atoms with Crippen molar-refractivity contribution in [3.8, 4) is 11.3 Å². The van der Waals surface area contributed by atoms with Gasteiger partial charge < -0.3 is 9.64 Å². The molecule has 10 heteroatoms. The number of aromatic nitrogens is 1. The summed E-state index contributed by atoms with van der Waals surface area (Å²) in [7, 11) is -3.57. The number of hydrogen-bond acceptors (Lipinski definition) is 7. The molecule has 1 amide bonds. The van der Waals surface area contributed by atoms with Crippen LogP contribution >= 0.6 is 11.3 Å². The minimum absolute atomic E-state index is 0.0689. The molecule has 184 valence electrons. The fourth-order valence-electron chi connectivity index (χ4n) is 4.31. The Bertz CT molecular complexity index is 1250. The van der Waals surface area contributed by atoms with E-state index in [1.165, 1.54) is 16.4 Å². The number of benzene rings is 2. The van der Waals surface area contributed by atoms with Gasteiger partial charge in [0.2, 0.25) is 10.0 Å². The average Bonchev–Trinajstić information content (AvgIpc) is 3.38. The first kappa shape index (κ1) is 24.1. The fourth-order valence-corrected chi connectivity index (χ4v) is 6.57. The zero-order valence-corrected chi connectivity index (χ0v) is 21.0. The van der Waals surface area contributed by atoms with Crippen molar-refractivity contribution in [3.05, 3.63) is 70.5 Å². The quantitative estimate of drug-likeness (QED) is 0.505. The predicted octanol–water partition coefficient (Wildman–Crippen LogP) is 2.79. The SMILES string of the molecule is O=C(c1ccc(S(=O)(=O)N2CCOCC2)cc1)N1CCN(Cc2nc(-c3ccccc3)cs2)CC1. The first-order valence-electron chi connectivity index (χ1n) is 11.7. The molecular weight excluding hydrogens is 484 g/mol. The van der Waals surface area contributed by atoms with Crippen LogP contribution in [0.25, 0.3) is 11.3 Å². The van der Waals surface area contributed by atoms with Crippen LogP contribution in [0.4, 0.5) is 0 Å². The molecule has 0 spiro atoms. The molecule has 0 atom stereocenters. The van der Waals surface area contributed by atoms with E-state index >= 15 is 0 Å². The van der Waals surface area contributed by atoms with Gasteiger partial charge in [-0.2, -0.15) is 4.31 Å². The van der Waals surface area contributed by atoms with E-state index in [9.17, 15) is 13.2 Å². The number of thiazole rings is 1. The molecule has 2 saturated heterocycles. The Morgan fingerprint density at radius 1 is 0.914 bits per heavy atom. The molecule has 8 nitrogen and oxygen atoms in total. The van der Waals surface area contributed by atoms with Gasteiger partial charge in [0.1, 0.15) is 5.01 Å². The first-order chi connectivity index (χ1) is 17.0. The van der Waals surface area contributed by atoms with Gasteiger partial charge in [-0.1, -0.05) is 30.3 Å². The monoisotopic (exact) mass is 512 g/mol. The summed E-state index contributed by atoms with van der Waals surface area (Å²) in [6, 6.07) is 16.4. The number of piperazine rings is 1. The second kappa shape index (κ2) is 10.5. The number of amides is 1. The highest BCUT2D eigenvalue weighted by Gasteiger charge is 2.27. The van der Waals surface area contributed by atoms with Crippen molar-refractivity contribution in [2.24, 2.45) is 0 Å². The van der Waals surface area contributed by atoms with E-state index in [1.807, 2.05) is 23.1 Å². The maximum Gasteiger partial charge on any atom is 0.253 e. The molecule has 0 bridgehead atoms. The lowest BCUT2D eigenvalue weighted by molar-refractivity contribution is 0.0628. The normalized spacial score (nSPS) is 18.0. The van der Waals surface area contributed by atoms with Gasteiger partial charge in [0.15, 0.2) is 0 Å². The lowest BCUT2D eigenvalue weighted by Gasteiger charge is -2.34. The van der Waals surface area contributed by atoms with Crippen LogP contribution in [-0.2, 0) is 21.3 Å². The number of carbonyl (C=O) groups is 1. The minimum Gasteiger partial charge on any atom is -0.379 e. The van der Waals surface area contributed by atoms with Crippen molar-refractivity contribution in [1.82, 2.24) is 19.1 Å². The van der Waals surface area contributed by atoms with Crippen molar-refractivity contribution in [1.29, 1.82) is 0 Å². The van der Waals surface area contributed by atoms with Crippen molar-refractivity contribution in [2.45, 2.75) is 11.4 Å². The number of morpholine rings is 1. The van der Waals surface area contributed by atoms with Crippen LogP contribution in [0.5, 0.6) is 0 Å². The smallest absolute Gasteiger partial charge is 0.253 e. The maximum atomic E-state index is 13.0. The highest BCUT2D eigenvalue weighted by Crippen LogP contribution is 2.23. The molecule has 0 unspecified atom stereocenters. The summed E-state index contributed by atoms with van der Waals surface area (Å²) in [5.74, 6) is -0.0689. The number of carbonyl (C=O) groups excluding carboxylic acids is 1. The van der Waals surface area contributed by atoms with Crippen molar-refractivity contribution in [3.63, 3.8) is 0 Å². The van der Waals surface area contributed by atoms with Gasteiger partial charge in [0.25, 0.3) is 5.91 Å². The van der Waals surface area contributed by atoms with E-state index in [1.54, 1.807) is 23.5 Å². The third-order valence-electron chi connectivity index (χ3n) is 6.35. The Morgan fingerprint density at radius 3 is 2.29 bits per heavy atom. The van der Waals surface area contributed by atoms with E-state index in [4.69, 9.17) is 9.72 Å². The summed E-state index contributed by atoms with van der Waals surface area (Å²) < 4.78 is 32.3. The Kier molecular flexibility index (Phi) is 7.26. The Morgan fingerprint density at radius 2 is 1.60 bits per heavy atom. The van der Waals surface area contributed by atoms with Crippen molar-refractivity contribution in [2.75, 3.05) is 52.5 Å². The van der Waals surface area contributed by atoms with Crippen LogP contribution < -0.4 is 0 Å². The van der Waals surface area contributed by atoms with Crippen LogP contribution in [0, 0.1) is 0 Å². The molecule has 3 aromatic rings. The van der Waals surface area contributed by atoms with E-state index in [0.29, 0.717) is 45.0 Å². The molecular formula is C25H28N4O4S2. The molecule has 0 N–H and O–H groups in total. The molecule has 2 aliphatic heterocycles. The van der Waals surface area contributed by atoms with Gasteiger partial charge in [-0.3, -0.25) is 9.69 Å². The van der Waals surface area contributed by atoms with Crippen molar-refractivity contribution < 1.29 is 17.9 Å². The highest BCUT2D eigenvalue weighted by molar-refractivity contribution is 7.89. The molecule has 2 aromatic carbocycles. The zero-order valence-electron chi connectivity index (χ0n) is 19.4. The Labute approximate surface area is 209 Å². The fraction of sp³-hybridized carbons (Fsp3) is 0.360. The number of rotatable bonds is 6. The summed E-state index contributed by atoms with van der Waals surface area (Å²) in [6.07, 6.45) is 0. The largest absolute Gasteiger partial charge is 0.379 e. The number of sulfonamides is 1. The van der Waals surface area contributed by atoms with Crippen LogP contribution in [0.3, 0.4) is 0 Å². The molecule has 0 radical (unpaired) electrons. The summed E-state index contributed by atoms with van der Waals surface area (Å²) >= 11 is 1.66. The summed E-state index contributed by atoms with van der Waals surface area (Å²) in [5, 5.41) is 3.16. The van der Waals surface area contributed by atoms with E-state index in [-0.39, 0.29) is 10.8 Å². The minimum atomic E-state index is -3.57. The Hall–Kier alpha value is -2.63. The number of nitrogens with zero attached hydrogens (tertiary/aromatic N) is 4. The third kappa shape index (κ3) is 5.46. The maximum absolute atomic E-state index is 13.0. The van der Waals surface area contributed by atoms with Gasteiger partial charge in [-0.05, 0) is 24.3 Å². The lowest BCUT2D eigenvalue weighted by Crippen LogP contribution is -2.48. The van der Waals surface area contributed by atoms with Crippen molar-refractivity contribution >= 4 is 27.3 Å². The molecule has 0 aliphatic carbocycles. The standard InChI is InChI=1S/C25H28N4O4S2/c30-25(21-6-8-22(9-7-21)35(31,32)29-14-16-33-17-15-29)28-12-10-27(11-13-28)18-24-26-23(19-34-24)20-4-2-1-3-5-20/h1-9,19H,10-18H2. The number of hydrogen-bond donors (Lipinski definition) is 0. The average molecular weight is 513 g/mol. The second-order valence-electron chi connectivity index (χ2n) is 8.60. The summed E-state index contributed by atoms with van der Waals surface area (Å²) in [5.41, 5.74) is 2.62. The number of ether oxygens (including phenoxy) is 1. The van der Waals surface area contributed by atoms with Gasteiger partial charge in [-0.15, -0.1) is 11.3 Å². The molecule has 35 heavy (non-hydrogen) atoms. The topological polar surface area (TPSA) is 83.0 Å².